The third-order valence-electron chi connectivity index (χ3n) is 2.14. The van der Waals surface area contributed by atoms with Crippen molar-refractivity contribution in [3.05, 3.63) is 29.0 Å². The van der Waals surface area contributed by atoms with E-state index in [1.807, 2.05) is 6.92 Å². The van der Waals surface area contributed by atoms with Crippen LogP contribution in [0.5, 0.6) is 0 Å². The molecule has 0 bridgehead atoms. The van der Waals surface area contributed by atoms with Gasteiger partial charge in [-0.25, -0.2) is 4.98 Å². The van der Waals surface area contributed by atoms with Gasteiger partial charge in [0, 0.05) is 19.3 Å². The van der Waals surface area contributed by atoms with E-state index in [2.05, 4.69) is 4.98 Å². The lowest BCUT2D eigenvalue weighted by Crippen LogP contribution is -2.34. The lowest BCUT2D eigenvalue weighted by Gasteiger charge is -2.21. The highest BCUT2D eigenvalue weighted by molar-refractivity contribution is 6.32. The molecular formula is C11H15ClN2O2. The molecule has 1 heterocycles. The smallest absolute Gasteiger partial charge is 0.257 e. The number of amides is 1. The van der Waals surface area contributed by atoms with Gasteiger partial charge in [0.15, 0.2) is 0 Å². The van der Waals surface area contributed by atoms with Crippen molar-refractivity contribution in [2.75, 3.05) is 19.7 Å². The molecular weight excluding hydrogens is 228 g/mol. The zero-order chi connectivity index (χ0) is 12.0. The zero-order valence-electron chi connectivity index (χ0n) is 9.19. The minimum Gasteiger partial charge on any atom is -0.395 e. The fraction of sp³-hybridized carbons (Fsp3) is 0.455. The maximum Gasteiger partial charge on any atom is 0.257 e. The monoisotopic (exact) mass is 242 g/mol. The van der Waals surface area contributed by atoms with Gasteiger partial charge in [-0.15, -0.1) is 0 Å². The van der Waals surface area contributed by atoms with Crippen LogP contribution in [0.3, 0.4) is 0 Å². The summed E-state index contributed by atoms with van der Waals surface area (Å²) in [6, 6.07) is 3.31. The number of pyridine rings is 1. The van der Waals surface area contributed by atoms with E-state index >= 15 is 0 Å². The summed E-state index contributed by atoms with van der Waals surface area (Å²) < 4.78 is 0. The van der Waals surface area contributed by atoms with E-state index in [-0.39, 0.29) is 17.7 Å². The van der Waals surface area contributed by atoms with E-state index in [0.717, 1.165) is 6.42 Å². The zero-order valence-corrected chi connectivity index (χ0v) is 9.94. The Balaban J connectivity index is 2.85. The van der Waals surface area contributed by atoms with Gasteiger partial charge in [-0.05, 0) is 18.6 Å². The number of aromatic nitrogens is 1. The highest BCUT2D eigenvalue weighted by atomic mass is 35.5. The van der Waals surface area contributed by atoms with Crippen molar-refractivity contribution in [2.45, 2.75) is 13.3 Å². The first-order chi connectivity index (χ1) is 7.70. The highest BCUT2D eigenvalue weighted by Gasteiger charge is 2.17. The molecule has 0 saturated heterocycles. The van der Waals surface area contributed by atoms with Crippen molar-refractivity contribution >= 4 is 17.5 Å². The molecule has 16 heavy (non-hydrogen) atoms. The first-order valence-corrected chi connectivity index (χ1v) is 5.59. The fourth-order valence-corrected chi connectivity index (χ4v) is 1.62. The second-order valence-electron chi connectivity index (χ2n) is 3.36. The topological polar surface area (TPSA) is 53.4 Å². The minimum absolute atomic E-state index is 0.0520. The molecule has 1 N–H and O–H groups in total. The number of aliphatic hydroxyl groups excluding tert-OH is 1. The second-order valence-corrected chi connectivity index (χ2v) is 3.72. The lowest BCUT2D eigenvalue weighted by atomic mass is 10.2. The summed E-state index contributed by atoms with van der Waals surface area (Å²) in [6.07, 6.45) is 2.37. The number of hydrogen-bond acceptors (Lipinski definition) is 3. The molecule has 0 radical (unpaired) electrons. The third kappa shape index (κ3) is 3.18. The molecule has 0 aliphatic heterocycles. The van der Waals surface area contributed by atoms with Crippen molar-refractivity contribution in [2.24, 2.45) is 0 Å². The number of carbonyl (C=O) groups excluding carboxylic acids is 1. The molecule has 1 aromatic rings. The van der Waals surface area contributed by atoms with Crippen LogP contribution in [-0.2, 0) is 0 Å². The minimum atomic E-state index is -0.186. The Hall–Kier alpha value is -1.13. The molecule has 0 aliphatic rings. The van der Waals surface area contributed by atoms with Gasteiger partial charge in [-0.2, -0.15) is 0 Å². The Labute approximate surface area is 99.9 Å². The largest absolute Gasteiger partial charge is 0.395 e. The fourth-order valence-electron chi connectivity index (χ4n) is 1.42. The molecule has 1 rings (SSSR count). The van der Waals surface area contributed by atoms with Crippen molar-refractivity contribution in [3.63, 3.8) is 0 Å². The van der Waals surface area contributed by atoms with Gasteiger partial charge in [0.1, 0.15) is 5.15 Å². The van der Waals surface area contributed by atoms with Gasteiger partial charge >= 0.3 is 0 Å². The van der Waals surface area contributed by atoms with Gasteiger partial charge in [-0.1, -0.05) is 18.5 Å². The van der Waals surface area contributed by atoms with Gasteiger partial charge in [0.25, 0.3) is 5.91 Å². The highest BCUT2D eigenvalue weighted by Crippen LogP contribution is 2.14. The summed E-state index contributed by atoms with van der Waals surface area (Å²) in [4.78, 5) is 17.5. The number of nitrogens with zero attached hydrogens (tertiary/aromatic N) is 2. The molecule has 88 valence electrons. The average molecular weight is 243 g/mol. The number of halogens is 1. The summed E-state index contributed by atoms with van der Waals surface area (Å²) in [5, 5.41) is 9.09. The summed E-state index contributed by atoms with van der Waals surface area (Å²) in [6.45, 7) is 2.84. The standard InChI is InChI=1S/C11H15ClN2O2/c1-2-6-14(7-8-15)11(16)9-4-3-5-13-10(9)12/h3-5,15H,2,6-8H2,1H3. The summed E-state index contributed by atoms with van der Waals surface area (Å²) >= 11 is 5.84. The predicted octanol–water partition coefficient (Wildman–Crippen LogP) is 1.58. The molecule has 0 atom stereocenters. The van der Waals surface area contributed by atoms with E-state index in [1.165, 1.54) is 6.20 Å². The van der Waals surface area contributed by atoms with Crippen LogP contribution in [0.1, 0.15) is 23.7 Å². The third-order valence-corrected chi connectivity index (χ3v) is 2.44. The molecule has 0 aliphatic carbocycles. The molecule has 1 aromatic heterocycles. The molecule has 0 aromatic carbocycles. The van der Waals surface area contributed by atoms with E-state index in [0.29, 0.717) is 18.7 Å². The van der Waals surface area contributed by atoms with E-state index in [4.69, 9.17) is 16.7 Å². The van der Waals surface area contributed by atoms with Crippen LogP contribution in [0.15, 0.2) is 18.3 Å². The summed E-state index contributed by atoms with van der Waals surface area (Å²) in [5.74, 6) is -0.186. The van der Waals surface area contributed by atoms with Crippen LogP contribution in [-0.4, -0.2) is 40.6 Å². The summed E-state index contributed by atoms with van der Waals surface area (Å²) in [5.41, 5.74) is 0.381. The van der Waals surface area contributed by atoms with Crippen LogP contribution in [0.2, 0.25) is 5.15 Å². The lowest BCUT2D eigenvalue weighted by molar-refractivity contribution is 0.0721. The van der Waals surface area contributed by atoms with E-state index < -0.39 is 0 Å². The predicted molar refractivity (Wildman–Crippen MR) is 62.5 cm³/mol. The molecule has 1 amide bonds. The van der Waals surface area contributed by atoms with Gasteiger partial charge in [0.2, 0.25) is 0 Å². The number of rotatable bonds is 5. The Morgan fingerprint density at radius 2 is 2.31 bits per heavy atom. The van der Waals surface area contributed by atoms with Crippen LogP contribution in [0.4, 0.5) is 0 Å². The Kier molecular flexibility index (Phi) is 5.22. The van der Waals surface area contributed by atoms with Crippen molar-refractivity contribution in [1.82, 2.24) is 9.88 Å². The SMILES string of the molecule is CCCN(CCO)C(=O)c1cccnc1Cl. The van der Waals surface area contributed by atoms with E-state index in [9.17, 15) is 4.79 Å². The molecule has 0 saturated carbocycles. The second kappa shape index (κ2) is 6.45. The first kappa shape index (κ1) is 12.9. The molecule has 5 heteroatoms. The quantitative estimate of drug-likeness (QED) is 0.798. The van der Waals surface area contributed by atoms with Gasteiger partial charge < -0.3 is 10.0 Å². The molecule has 4 nitrogen and oxygen atoms in total. The Morgan fingerprint density at radius 1 is 1.56 bits per heavy atom. The van der Waals surface area contributed by atoms with Crippen molar-refractivity contribution in [3.8, 4) is 0 Å². The number of carbonyl (C=O) groups is 1. The van der Waals surface area contributed by atoms with Gasteiger partial charge in [0.05, 0.1) is 12.2 Å². The van der Waals surface area contributed by atoms with E-state index in [1.54, 1.807) is 17.0 Å². The van der Waals surface area contributed by atoms with Crippen LogP contribution >= 0.6 is 11.6 Å². The van der Waals surface area contributed by atoms with Crippen molar-refractivity contribution in [1.29, 1.82) is 0 Å². The Bertz CT molecular complexity index is 352. The molecule has 0 fully saturated rings. The maximum absolute atomic E-state index is 12.0. The first-order valence-electron chi connectivity index (χ1n) is 5.21. The molecule has 0 spiro atoms. The Morgan fingerprint density at radius 3 is 2.88 bits per heavy atom. The summed E-state index contributed by atoms with van der Waals surface area (Å²) in [7, 11) is 0. The maximum atomic E-state index is 12.0. The van der Waals surface area contributed by atoms with Crippen LogP contribution < -0.4 is 0 Å². The number of hydrogen-bond donors (Lipinski definition) is 1. The molecule has 0 unspecified atom stereocenters. The van der Waals surface area contributed by atoms with Crippen LogP contribution in [0, 0.1) is 0 Å². The van der Waals surface area contributed by atoms with Crippen LogP contribution in [0.25, 0.3) is 0 Å². The number of aliphatic hydroxyl groups is 1. The normalized spacial score (nSPS) is 10.2. The average Bonchev–Trinajstić information content (AvgIpc) is 2.28. The van der Waals surface area contributed by atoms with Gasteiger partial charge in [-0.3, -0.25) is 4.79 Å². The van der Waals surface area contributed by atoms with Crippen molar-refractivity contribution < 1.29 is 9.90 Å².